The first-order valence-electron chi connectivity index (χ1n) is 5.31. The van der Waals surface area contributed by atoms with Crippen LogP contribution in [0.3, 0.4) is 0 Å². The number of rotatable bonds is 4. The van der Waals surface area contributed by atoms with E-state index in [0.717, 1.165) is 18.5 Å². The molecule has 0 aliphatic rings. The number of nitrogens with one attached hydrogen (secondary N) is 1. The summed E-state index contributed by atoms with van der Waals surface area (Å²) < 4.78 is 5.15. The largest absolute Gasteiger partial charge is 0.334 e. The second-order valence-corrected chi connectivity index (χ2v) is 3.56. The summed E-state index contributed by atoms with van der Waals surface area (Å²) in [7, 11) is 1.88. The van der Waals surface area contributed by atoms with Crippen molar-refractivity contribution in [1.29, 1.82) is 5.26 Å². The first-order valence-corrected chi connectivity index (χ1v) is 5.31. The highest BCUT2D eigenvalue weighted by molar-refractivity contribution is 5.54. The smallest absolute Gasteiger partial charge is 0.257 e. The zero-order valence-corrected chi connectivity index (χ0v) is 9.47. The summed E-state index contributed by atoms with van der Waals surface area (Å²) in [5.41, 5.74) is 1.44. The van der Waals surface area contributed by atoms with Gasteiger partial charge in [0, 0.05) is 18.5 Å². The molecule has 1 N–H and O–H groups in total. The standard InChI is InChI=1S/C12H12N4O/c1-14-7-6-11-15-12(17-16-11)10-4-2-9(8-13)3-5-10/h2-5,14H,6-7H2,1H3. The minimum atomic E-state index is 0.487. The number of nitrogens with zero attached hydrogens (tertiary/aromatic N) is 3. The predicted molar refractivity (Wildman–Crippen MR) is 62.1 cm³/mol. The molecule has 0 spiro atoms. The van der Waals surface area contributed by atoms with Crippen LogP contribution >= 0.6 is 0 Å². The van der Waals surface area contributed by atoms with Crippen LogP contribution in [-0.4, -0.2) is 23.7 Å². The van der Waals surface area contributed by atoms with Crippen molar-refractivity contribution in [2.75, 3.05) is 13.6 Å². The lowest BCUT2D eigenvalue weighted by molar-refractivity contribution is 0.422. The molecule has 1 aromatic carbocycles. The maximum atomic E-state index is 8.69. The third-order valence-corrected chi connectivity index (χ3v) is 2.33. The number of hydrogen-bond acceptors (Lipinski definition) is 5. The molecule has 0 saturated heterocycles. The predicted octanol–water partition coefficient (Wildman–Crippen LogP) is 1.37. The van der Waals surface area contributed by atoms with E-state index in [-0.39, 0.29) is 0 Å². The van der Waals surface area contributed by atoms with E-state index < -0.39 is 0 Å². The van der Waals surface area contributed by atoms with Crippen LogP contribution in [-0.2, 0) is 6.42 Å². The Balaban J connectivity index is 2.16. The Hall–Kier alpha value is -2.19. The second-order valence-electron chi connectivity index (χ2n) is 3.56. The monoisotopic (exact) mass is 228 g/mol. The average Bonchev–Trinajstić information content (AvgIpc) is 2.85. The van der Waals surface area contributed by atoms with E-state index in [1.165, 1.54) is 0 Å². The Morgan fingerprint density at radius 2 is 2.12 bits per heavy atom. The Morgan fingerprint density at radius 1 is 1.35 bits per heavy atom. The van der Waals surface area contributed by atoms with E-state index in [9.17, 15) is 0 Å². The molecule has 0 atom stereocenters. The third kappa shape index (κ3) is 2.68. The van der Waals surface area contributed by atoms with E-state index in [1.54, 1.807) is 24.3 Å². The van der Waals surface area contributed by atoms with Gasteiger partial charge in [0.1, 0.15) is 0 Å². The molecule has 0 radical (unpaired) electrons. The van der Waals surface area contributed by atoms with Gasteiger partial charge in [-0.2, -0.15) is 10.2 Å². The molecule has 86 valence electrons. The molecule has 1 aromatic heterocycles. The molecule has 2 rings (SSSR count). The van der Waals surface area contributed by atoms with Gasteiger partial charge in [-0.15, -0.1) is 0 Å². The molecule has 0 saturated carbocycles. The molecule has 2 aromatic rings. The van der Waals surface area contributed by atoms with E-state index in [4.69, 9.17) is 9.78 Å². The van der Waals surface area contributed by atoms with Gasteiger partial charge in [0.25, 0.3) is 5.89 Å². The lowest BCUT2D eigenvalue weighted by Crippen LogP contribution is -2.10. The second kappa shape index (κ2) is 5.23. The van der Waals surface area contributed by atoms with Crippen LogP contribution in [0.25, 0.3) is 11.5 Å². The van der Waals surface area contributed by atoms with Gasteiger partial charge in [-0.3, -0.25) is 0 Å². The van der Waals surface area contributed by atoms with Gasteiger partial charge in [0.15, 0.2) is 5.82 Å². The lowest BCUT2D eigenvalue weighted by atomic mass is 10.1. The summed E-state index contributed by atoms with van der Waals surface area (Å²) in [6, 6.07) is 9.12. The Labute approximate surface area is 99.1 Å². The van der Waals surface area contributed by atoms with Crippen LogP contribution < -0.4 is 5.32 Å². The van der Waals surface area contributed by atoms with Crippen molar-refractivity contribution < 1.29 is 4.52 Å². The lowest BCUT2D eigenvalue weighted by Gasteiger charge is -1.93. The molecule has 0 aliphatic heterocycles. The molecular weight excluding hydrogens is 216 g/mol. The first-order chi connectivity index (χ1) is 8.33. The van der Waals surface area contributed by atoms with Gasteiger partial charge in [-0.1, -0.05) is 5.16 Å². The Kier molecular flexibility index (Phi) is 3.48. The van der Waals surface area contributed by atoms with Crippen LogP contribution in [0.1, 0.15) is 11.4 Å². The topological polar surface area (TPSA) is 74.7 Å². The van der Waals surface area contributed by atoms with E-state index in [2.05, 4.69) is 21.5 Å². The highest BCUT2D eigenvalue weighted by atomic mass is 16.5. The third-order valence-electron chi connectivity index (χ3n) is 2.33. The van der Waals surface area contributed by atoms with Crippen molar-refractivity contribution in [2.45, 2.75) is 6.42 Å². The fourth-order valence-electron chi connectivity index (χ4n) is 1.40. The molecule has 0 fully saturated rings. The summed E-state index contributed by atoms with van der Waals surface area (Å²) in [4.78, 5) is 4.27. The molecule has 0 unspecified atom stereocenters. The molecule has 5 heteroatoms. The minimum absolute atomic E-state index is 0.487. The number of benzene rings is 1. The molecule has 17 heavy (non-hydrogen) atoms. The van der Waals surface area contributed by atoms with E-state index >= 15 is 0 Å². The van der Waals surface area contributed by atoms with Crippen molar-refractivity contribution >= 4 is 0 Å². The van der Waals surface area contributed by atoms with Crippen molar-refractivity contribution in [3.8, 4) is 17.5 Å². The van der Waals surface area contributed by atoms with Gasteiger partial charge >= 0.3 is 0 Å². The summed E-state index contributed by atoms with van der Waals surface area (Å²) in [5.74, 6) is 1.17. The number of nitriles is 1. The normalized spacial score (nSPS) is 10.1. The van der Waals surface area contributed by atoms with Gasteiger partial charge in [0.05, 0.1) is 11.6 Å². The highest BCUT2D eigenvalue weighted by Crippen LogP contribution is 2.17. The summed E-state index contributed by atoms with van der Waals surface area (Å²) in [6.45, 7) is 0.812. The SMILES string of the molecule is CNCCc1noc(-c2ccc(C#N)cc2)n1. The molecule has 1 heterocycles. The maximum absolute atomic E-state index is 8.69. The fourth-order valence-corrected chi connectivity index (χ4v) is 1.40. The zero-order valence-electron chi connectivity index (χ0n) is 9.47. The van der Waals surface area contributed by atoms with E-state index in [1.807, 2.05) is 7.05 Å². The van der Waals surface area contributed by atoms with Gasteiger partial charge in [-0.05, 0) is 31.3 Å². The zero-order chi connectivity index (χ0) is 12.1. The van der Waals surface area contributed by atoms with Crippen LogP contribution in [0.5, 0.6) is 0 Å². The van der Waals surface area contributed by atoms with Crippen molar-refractivity contribution in [1.82, 2.24) is 15.5 Å². The van der Waals surface area contributed by atoms with Gasteiger partial charge in [0.2, 0.25) is 0 Å². The number of hydrogen-bond donors (Lipinski definition) is 1. The first kappa shape index (κ1) is 11.3. The molecule has 0 amide bonds. The Morgan fingerprint density at radius 3 is 2.76 bits per heavy atom. The molecular formula is C12H12N4O. The molecule has 5 nitrogen and oxygen atoms in total. The quantitative estimate of drug-likeness (QED) is 0.855. The van der Waals surface area contributed by atoms with Gasteiger partial charge in [-0.25, -0.2) is 0 Å². The summed E-state index contributed by atoms with van der Waals surface area (Å²) in [5, 5.41) is 15.6. The van der Waals surface area contributed by atoms with Crippen LogP contribution in [0.15, 0.2) is 28.8 Å². The van der Waals surface area contributed by atoms with Crippen molar-refractivity contribution in [3.05, 3.63) is 35.7 Å². The van der Waals surface area contributed by atoms with Crippen LogP contribution in [0.4, 0.5) is 0 Å². The highest BCUT2D eigenvalue weighted by Gasteiger charge is 2.07. The van der Waals surface area contributed by atoms with E-state index in [0.29, 0.717) is 17.3 Å². The number of aromatic nitrogens is 2. The molecule has 0 bridgehead atoms. The summed E-state index contributed by atoms with van der Waals surface area (Å²) >= 11 is 0. The average molecular weight is 228 g/mol. The van der Waals surface area contributed by atoms with Gasteiger partial charge < -0.3 is 9.84 Å². The van der Waals surface area contributed by atoms with Crippen LogP contribution in [0, 0.1) is 11.3 Å². The molecule has 0 aliphatic carbocycles. The van der Waals surface area contributed by atoms with Crippen LogP contribution in [0.2, 0.25) is 0 Å². The van der Waals surface area contributed by atoms with Crippen molar-refractivity contribution in [3.63, 3.8) is 0 Å². The number of likely N-dealkylation sites (N-methyl/N-ethyl adjacent to an activating group) is 1. The van der Waals surface area contributed by atoms with Crippen molar-refractivity contribution in [2.24, 2.45) is 0 Å². The Bertz CT molecular complexity index is 524. The fraction of sp³-hybridized carbons (Fsp3) is 0.250. The summed E-state index contributed by atoms with van der Waals surface area (Å²) in [6.07, 6.45) is 0.732. The maximum Gasteiger partial charge on any atom is 0.257 e. The minimum Gasteiger partial charge on any atom is -0.334 e.